The molecule has 9 heteroatoms. The van der Waals surface area contributed by atoms with Crippen molar-refractivity contribution in [3.63, 3.8) is 0 Å². The quantitative estimate of drug-likeness (QED) is 0.399. The SMILES string of the molecule is COc1cc([N+](=O)[O-])c([N+](=O)[O-])cc1OCCCCCCO. The first kappa shape index (κ1) is 17.6. The second kappa shape index (κ2) is 8.78. The third-order valence-corrected chi connectivity index (χ3v) is 2.96. The second-order valence-corrected chi connectivity index (χ2v) is 4.49. The predicted octanol–water partition coefficient (Wildman–Crippen LogP) is 2.44. The Labute approximate surface area is 126 Å². The molecule has 0 fully saturated rings. The number of methoxy groups -OCH3 is 1. The van der Waals surface area contributed by atoms with Crippen molar-refractivity contribution < 1.29 is 24.4 Å². The molecule has 0 amide bonds. The summed E-state index contributed by atoms with van der Waals surface area (Å²) in [6.45, 7) is 0.444. The van der Waals surface area contributed by atoms with Crippen molar-refractivity contribution in [1.29, 1.82) is 0 Å². The lowest BCUT2D eigenvalue weighted by Gasteiger charge is -2.10. The largest absolute Gasteiger partial charge is 0.493 e. The molecular weight excluding hydrogens is 296 g/mol. The summed E-state index contributed by atoms with van der Waals surface area (Å²) >= 11 is 0. The molecule has 0 atom stereocenters. The van der Waals surface area contributed by atoms with E-state index in [4.69, 9.17) is 14.6 Å². The molecular formula is C13H18N2O7. The maximum absolute atomic E-state index is 10.9. The Morgan fingerprint density at radius 1 is 1.00 bits per heavy atom. The van der Waals surface area contributed by atoms with E-state index >= 15 is 0 Å². The molecule has 0 unspecified atom stereocenters. The zero-order valence-corrected chi connectivity index (χ0v) is 12.2. The summed E-state index contributed by atoms with van der Waals surface area (Å²) in [7, 11) is 1.30. The highest BCUT2D eigenvalue weighted by Crippen LogP contribution is 2.38. The number of nitro benzene ring substituents is 2. The van der Waals surface area contributed by atoms with Crippen LogP contribution in [-0.2, 0) is 0 Å². The summed E-state index contributed by atoms with van der Waals surface area (Å²) in [5.74, 6) is 0.176. The van der Waals surface area contributed by atoms with E-state index in [1.54, 1.807) is 0 Å². The van der Waals surface area contributed by atoms with Crippen LogP contribution in [-0.4, -0.2) is 35.3 Å². The van der Waals surface area contributed by atoms with Crippen LogP contribution in [0.2, 0.25) is 0 Å². The molecule has 0 bridgehead atoms. The minimum atomic E-state index is -0.834. The summed E-state index contributed by atoms with van der Waals surface area (Å²) in [6.07, 6.45) is 3.12. The number of aliphatic hydroxyl groups is 1. The van der Waals surface area contributed by atoms with Crippen molar-refractivity contribution >= 4 is 11.4 Å². The Balaban J connectivity index is 2.83. The first-order chi connectivity index (χ1) is 10.5. The van der Waals surface area contributed by atoms with Gasteiger partial charge in [-0.3, -0.25) is 20.2 Å². The summed E-state index contributed by atoms with van der Waals surface area (Å²) < 4.78 is 10.4. The highest BCUT2D eigenvalue weighted by Gasteiger charge is 2.28. The molecule has 0 aliphatic heterocycles. The number of rotatable bonds is 10. The summed E-state index contributed by atoms with van der Waals surface area (Å²) in [5.41, 5.74) is -1.28. The molecule has 122 valence electrons. The molecule has 0 saturated heterocycles. The van der Waals surface area contributed by atoms with E-state index in [0.717, 1.165) is 25.0 Å². The predicted molar refractivity (Wildman–Crippen MR) is 77.4 cm³/mol. The van der Waals surface area contributed by atoms with Crippen molar-refractivity contribution in [2.75, 3.05) is 20.3 Å². The highest BCUT2D eigenvalue weighted by molar-refractivity contribution is 5.62. The second-order valence-electron chi connectivity index (χ2n) is 4.49. The number of aliphatic hydroxyl groups excluding tert-OH is 1. The van der Waals surface area contributed by atoms with Crippen molar-refractivity contribution in [3.8, 4) is 11.5 Å². The van der Waals surface area contributed by atoms with E-state index in [1.807, 2.05) is 0 Å². The van der Waals surface area contributed by atoms with Crippen LogP contribution < -0.4 is 9.47 Å². The van der Waals surface area contributed by atoms with E-state index in [0.29, 0.717) is 19.4 Å². The Bertz CT molecular complexity index is 533. The van der Waals surface area contributed by atoms with Crippen LogP contribution in [0.4, 0.5) is 11.4 Å². The van der Waals surface area contributed by atoms with E-state index in [-0.39, 0.29) is 18.1 Å². The van der Waals surface area contributed by atoms with Gasteiger partial charge in [-0.1, -0.05) is 6.42 Å². The zero-order valence-electron chi connectivity index (χ0n) is 12.2. The van der Waals surface area contributed by atoms with E-state index in [1.165, 1.54) is 7.11 Å². The first-order valence-corrected chi connectivity index (χ1v) is 6.75. The zero-order chi connectivity index (χ0) is 16.5. The number of nitrogens with zero attached hydrogens (tertiary/aromatic N) is 2. The van der Waals surface area contributed by atoms with Gasteiger partial charge in [-0.25, -0.2) is 0 Å². The Kier molecular flexibility index (Phi) is 7.03. The molecule has 1 aromatic carbocycles. The highest BCUT2D eigenvalue weighted by atomic mass is 16.6. The van der Waals surface area contributed by atoms with Crippen LogP contribution in [0.3, 0.4) is 0 Å². The van der Waals surface area contributed by atoms with Crippen molar-refractivity contribution in [2.24, 2.45) is 0 Å². The van der Waals surface area contributed by atoms with Gasteiger partial charge in [-0.15, -0.1) is 0 Å². The molecule has 0 saturated carbocycles. The molecule has 0 aliphatic rings. The smallest absolute Gasteiger partial charge is 0.350 e. The molecule has 0 aliphatic carbocycles. The first-order valence-electron chi connectivity index (χ1n) is 6.75. The molecule has 1 rings (SSSR count). The van der Waals surface area contributed by atoms with Crippen molar-refractivity contribution in [1.82, 2.24) is 0 Å². The minimum absolute atomic E-state index is 0.0765. The number of unbranched alkanes of at least 4 members (excludes halogenated alkanes) is 3. The van der Waals surface area contributed by atoms with Crippen LogP contribution in [0.25, 0.3) is 0 Å². The fourth-order valence-corrected chi connectivity index (χ4v) is 1.85. The van der Waals surface area contributed by atoms with Gasteiger partial charge in [0.05, 0.1) is 35.7 Å². The molecule has 1 N–H and O–H groups in total. The molecule has 0 spiro atoms. The summed E-state index contributed by atoms with van der Waals surface area (Å²) in [5, 5.41) is 30.4. The van der Waals surface area contributed by atoms with Crippen LogP contribution >= 0.6 is 0 Å². The van der Waals surface area contributed by atoms with Crippen LogP contribution in [0.5, 0.6) is 11.5 Å². The van der Waals surface area contributed by atoms with Crippen molar-refractivity contribution in [2.45, 2.75) is 25.7 Å². The molecule has 22 heavy (non-hydrogen) atoms. The van der Waals surface area contributed by atoms with Gasteiger partial charge in [0.15, 0.2) is 11.5 Å². The third kappa shape index (κ3) is 4.85. The molecule has 1 aromatic rings. The lowest BCUT2D eigenvalue weighted by atomic mass is 10.2. The maximum atomic E-state index is 10.9. The topological polar surface area (TPSA) is 125 Å². The van der Waals surface area contributed by atoms with E-state index < -0.39 is 21.2 Å². The van der Waals surface area contributed by atoms with E-state index in [9.17, 15) is 20.2 Å². The maximum Gasteiger partial charge on any atom is 0.350 e. The van der Waals surface area contributed by atoms with Crippen LogP contribution in [0, 0.1) is 20.2 Å². The summed E-state index contributed by atoms with van der Waals surface area (Å²) in [4.78, 5) is 20.1. The fourth-order valence-electron chi connectivity index (χ4n) is 1.85. The average Bonchev–Trinajstić information content (AvgIpc) is 2.49. The van der Waals surface area contributed by atoms with Gasteiger partial charge >= 0.3 is 11.4 Å². The average molecular weight is 314 g/mol. The van der Waals surface area contributed by atoms with Gasteiger partial charge in [0, 0.05) is 6.61 Å². The van der Waals surface area contributed by atoms with Gasteiger partial charge in [0.2, 0.25) is 0 Å². The number of hydrogen-bond donors (Lipinski definition) is 1. The summed E-state index contributed by atoms with van der Waals surface area (Å²) in [6, 6.07) is 1.99. The van der Waals surface area contributed by atoms with Gasteiger partial charge in [-0.05, 0) is 19.3 Å². The van der Waals surface area contributed by atoms with Crippen LogP contribution in [0.1, 0.15) is 25.7 Å². The van der Waals surface area contributed by atoms with Gasteiger partial charge in [0.25, 0.3) is 0 Å². The lowest BCUT2D eigenvalue weighted by molar-refractivity contribution is -0.422. The fraction of sp³-hybridized carbons (Fsp3) is 0.538. The van der Waals surface area contributed by atoms with Gasteiger partial charge < -0.3 is 14.6 Å². The Hall–Kier alpha value is -2.42. The molecule has 0 heterocycles. The van der Waals surface area contributed by atoms with E-state index in [2.05, 4.69) is 0 Å². The minimum Gasteiger partial charge on any atom is -0.493 e. The number of nitro groups is 2. The van der Waals surface area contributed by atoms with Gasteiger partial charge in [0.1, 0.15) is 0 Å². The number of benzene rings is 1. The number of hydrogen-bond acceptors (Lipinski definition) is 7. The third-order valence-electron chi connectivity index (χ3n) is 2.96. The molecule has 0 aromatic heterocycles. The van der Waals surface area contributed by atoms with Crippen LogP contribution in [0.15, 0.2) is 12.1 Å². The Morgan fingerprint density at radius 3 is 2.05 bits per heavy atom. The monoisotopic (exact) mass is 314 g/mol. The molecule has 9 nitrogen and oxygen atoms in total. The lowest BCUT2D eigenvalue weighted by Crippen LogP contribution is -2.03. The standard InChI is InChI=1S/C13H18N2O7/c1-21-12-8-10(14(17)18)11(15(19)20)9-13(12)22-7-5-3-2-4-6-16/h8-9,16H,2-7H2,1H3. The normalized spacial score (nSPS) is 10.3. The molecule has 0 radical (unpaired) electrons. The Morgan fingerprint density at radius 2 is 1.55 bits per heavy atom. The van der Waals surface area contributed by atoms with Gasteiger partial charge in [-0.2, -0.15) is 0 Å². The van der Waals surface area contributed by atoms with Crippen molar-refractivity contribution in [3.05, 3.63) is 32.4 Å². The number of ether oxygens (including phenoxy) is 2.